The van der Waals surface area contributed by atoms with Gasteiger partial charge in [0.2, 0.25) is 5.91 Å². The van der Waals surface area contributed by atoms with E-state index in [9.17, 15) is 4.79 Å². The molecule has 0 spiro atoms. The SMILES string of the molecule is O=C(C[C@@H]1CCNC1)NCCSCc1cccc(Cl)c1. The fraction of sp³-hybridized carbons (Fsp3) is 0.533. The highest BCUT2D eigenvalue weighted by Gasteiger charge is 2.17. The Morgan fingerprint density at radius 2 is 2.40 bits per heavy atom. The van der Waals surface area contributed by atoms with Crippen LogP contribution in [0.2, 0.25) is 5.02 Å². The molecule has 5 heteroatoms. The van der Waals surface area contributed by atoms with Gasteiger partial charge in [-0.3, -0.25) is 4.79 Å². The fourth-order valence-corrected chi connectivity index (χ4v) is 3.32. The lowest BCUT2D eigenvalue weighted by atomic mass is 10.1. The van der Waals surface area contributed by atoms with Crippen molar-refractivity contribution in [3.05, 3.63) is 34.9 Å². The number of nitrogens with one attached hydrogen (secondary N) is 2. The standard InChI is InChI=1S/C15H21ClN2OS/c16-14-3-1-2-13(8-14)11-20-7-6-18-15(19)9-12-4-5-17-10-12/h1-3,8,12,17H,4-7,9-11H2,(H,18,19)/t12-/m0/s1. The van der Waals surface area contributed by atoms with Gasteiger partial charge in [0.1, 0.15) is 0 Å². The molecule has 0 aromatic heterocycles. The number of thioether (sulfide) groups is 1. The van der Waals surface area contributed by atoms with Crippen LogP contribution in [0.5, 0.6) is 0 Å². The van der Waals surface area contributed by atoms with E-state index in [-0.39, 0.29) is 5.91 Å². The van der Waals surface area contributed by atoms with Gasteiger partial charge in [0, 0.05) is 29.5 Å². The van der Waals surface area contributed by atoms with Gasteiger partial charge in [-0.2, -0.15) is 11.8 Å². The first kappa shape index (κ1) is 15.7. The number of halogens is 1. The zero-order chi connectivity index (χ0) is 14.2. The maximum Gasteiger partial charge on any atom is 0.220 e. The zero-order valence-corrected chi connectivity index (χ0v) is 13.1. The molecule has 0 unspecified atom stereocenters. The van der Waals surface area contributed by atoms with Crippen molar-refractivity contribution in [1.82, 2.24) is 10.6 Å². The second-order valence-corrected chi connectivity index (χ2v) is 6.64. The van der Waals surface area contributed by atoms with Crippen molar-refractivity contribution in [2.75, 3.05) is 25.4 Å². The maximum atomic E-state index is 11.7. The summed E-state index contributed by atoms with van der Waals surface area (Å²) in [4.78, 5) is 11.7. The van der Waals surface area contributed by atoms with Crippen molar-refractivity contribution >= 4 is 29.3 Å². The van der Waals surface area contributed by atoms with Gasteiger partial charge in [-0.25, -0.2) is 0 Å². The molecular weight excluding hydrogens is 292 g/mol. The van der Waals surface area contributed by atoms with Gasteiger partial charge < -0.3 is 10.6 Å². The number of carbonyl (C=O) groups excluding carboxylic acids is 1. The van der Waals surface area contributed by atoms with Gasteiger partial charge in [-0.05, 0) is 43.1 Å². The van der Waals surface area contributed by atoms with Crippen molar-refractivity contribution in [2.45, 2.75) is 18.6 Å². The van der Waals surface area contributed by atoms with Crippen molar-refractivity contribution in [1.29, 1.82) is 0 Å². The van der Waals surface area contributed by atoms with Crippen LogP contribution in [0.1, 0.15) is 18.4 Å². The molecule has 110 valence electrons. The van der Waals surface area contributed by atoms with Crippen LogP contribution >= 0.6 is 23.4 Å². The summed E-state index contributed by atoms with van der Waals surface area (Å²) in [6.45, 7) is 2.77. The minimum absolute atomic E-state index is 0.182. The van der Waals surface area contributed by atoms with Gasteiger partial charge in [0.15, 0.2) is 0 Å². The second kappa shape index (κ2) is 8.55. The summed E-state index contributed by atoms with van der Waals surface area (Å²) in [6.07, 6.45) is 1.78. The molecule has 1 aromatic rings. The average Bonchev–Trinajstić information content (AvgIpc) is 2.91. The molecule has 1 amide bonds. The van der Waals surface area contributed by atoms with Gasteiger partial charge in [-0.1, -0.05) is 23.7 Å². The molecule has 0 saturated carbocycles. The summed E-state index contributed by atoms with van der Waals surface area (Å²) >= 11 is 7.75. The second-order valence-electron chi connectivity index (χ2n) is 5.10. The summed E-state index contributed by atoms with van der Waals surface area (Å²) in [5.41, 5.74) is 1.23. The Morgan fingerprint density at radius 3 is 3.15 bits per heavy atom. The number of rotatable bonds is 7. The van der Waals surface area contributed by atoms with Crippen LogP contribution in [0.15, 0.2) is 24.3 Å². The Bertz CT molecular complexity index is 436. The number of hydrogen-bond donors (Lipinski definition) is 2. The van der Waals surface area contributed by atoms with Gasteiger partial charge in [0.05, 0.1) is 0 Å². The van der Waals surface area contributed by atoms with Crippen molar-refractivity contribution in [2.24, 2.45) is 5.92 Å². The molecule has 1 fully saturated rings. The van der Waals surface area contributed by atoms with Gasteiger partial charge >= 0.3 is 0 Å². The smallest absolute Gasteiger partial charge is 0.220 e. The van der Waals surface area contributed by atoms with Crippen LogP contribution in [0.4, 0.5) is 0 Å². The van der Waals surface area contributed by atoms with E-state index in [2.05, 4.69) is 16.7 Å². The topological polar surface area (TPSA) is 41.1 Å². The predicted molar refractivity (Wildman–Crippen MR) is 86.2 cm³/mol. The minimum atomic E-state index is 0.182. The first-order chi connectivity index (χ1) is 9.74. The summed E-state index contributed by atoms with van der Waals surface area (Å²) in [5, 5.41) is 7.05. The highest BCUT2D eigenvalue weighted by Crippen LogP contribution is 2.16. The number of benzene rings is 1. The Kier molecular flexibility index (Phi) is 6.70. The van der Waals surface area contributed by atoms with Crippen molar-refractivity contribution < 1.29 is 4.79 Å². The van der Waals surface area contributed by atoms with E-state index in [0.717, 1.165) is 42.6 Å². The monoisotopic (exact) mass is 312 g/mol. The van der Waals surface area contributed by atoms with Gasteiger partial charge in [0.25, 0.3) is 0 Å². The lowest BCUT2D eigenvalue weighted by molar-refractivity contribution is -0.121. The van der Waals surface area contributed by atoms with Crippen LogP contribution in [-0.4, -0.2) is 31.3 Å². The Hall–Kier alpha value is -0.710. The van der Waals surface area contributed by atoms with Crippen LogP contribution in [0.25, 0.3) is 0 Å². The molecule has 1 aliphatic heterocycles. The molecule has 2 N–H and O–H groups in total. The lowest BCUT2D eigenvalue weighted by Gasteiger charge is -2.09. The molecule has 1 heterocycles. The Morgan fingerprint density at radius 1 is 1.50 bits per heavy atom. The third-order valence-corrected chi connectivity index (χ3v) is 4.63. The lowest BCUT2D eigenvalue weighted by Crippen LogP contribution is -2.28. The molecule has 0 radical (unpaired) electrons. The maximum absolute atomic E-state index is 11.7. The highest BCUT2D eigenvalue weighted by atomic mass is 35.5. The molecule has 1 saturated heterocycles. The van der Waals surface area contributed by atoms with Crippen molar-refractivity contribution in [3.8, 4) is 0 Å². The first-order valence-electron chi connectivity index (χ1n) is 7.03. The largest absolute Gasteiger partial charge is 0.355 e. The molecule has 3 nitrogen and oxygen atoms in total. The van der Waals surface area contributed by atoms with E-state index in [1.807, 2.05) is 30.0 Å². The third kappa shape index (κ3) is 5.73. The molecule has 20 heavy (non-hydrogen) atoms. The summed E-state index contributed by atoms with van der Waals surface area (Å²) in [6, 6.07) is 7.91. The van der Waals surface area contributed by atoms with E-state index >= 15 is 0 Å². The quantitative estimate of drug-likeness (QED) is 0.761. The van der Waals surface area contributed by atoms with E-state index in [4.69, 9.17) is 11.6 Å². The van der Waals surface area contributed by atoms with E-state index in [0.29, 0.717) is 12.3 Å². The van der Waals surface area contributed by atoms with Crippen LogP contribution in [-0.2, 0) is 10.5 Å². The molecule has 1 aliphatic rings. The van der Waals surface area contributed by atoms with E-state index in [1.165, 1.54) is 5.56 Å². The number of carbonyl (C=O) groups is 1. The summed E-state index contributed by atoms with van der Waals surface area (Å²) < 4.78 is 0. The third-order valence-electron chi connectivity index (χ3n) is 3.36. The molecule has 1 atom stereocenters. The molecular formula is C15H21ClN2OS. The molecule has 0 bridgehead atoms. The zero-order valence-electron chi connectivity index (χ0n) is 11.5. The molecule has 2 rings (SSSR count). The minimum Gasteiger partial charge on any atom is -0.355 e. The Labute approximate surface area is 129 Å². The first-order valence-corrected chi connectivity index (χ1v) is 8.57. The predicted octanol–water partition coefficient (Wildman–Crippen LogP) is 2.69. The molecule has 1 aromatic carbocycles. The number of hydrogen-bond acceptors (Lipinski definition) is 3. The number of amides is 1. The Balaban J connectivity index is 1.53. The highest BCUT2D eigenvalue weighted by molar-refractivity contribution is 7.98. The fourth-order valence-electron chi connectivity index (χ4n) is 2.30. The summed E-state index contributed by atoms with van der Waals surface area (Å²) in [5.74, 6) is 2.57. The molecule has 0 aliphatic carbocycles. The van der Waals surface area contributed by atoms with Crippen LogP contribution in [0.3, 0.4) is 0 Å². The summed E-state index contributed by atoms with van der Waals surface area (Å²) in [7, 11) is 0. The van der Waals surface area contributed by atoms with E-state index in [1.54, 1.807) is 0 Å². The van der Waals surface area contributed by atoms with E-state index < -0.39 is 0 Å². The van der Waals surface area contributed by atoms with Crippen LogP contribution < -0.4 is 10.6 Å². The average molecular weight is 313 g/mol. The van der Waals surface area contributed by atoms with Crippen LogP contribution in [0, 0.1) is 5.92 Å². The normalized spacial score (nSPS) is 18.1. The van der Waals surface area contributed by atoms with Crippen molar-refractivity contribution in [3.63, 3.8) is 0 Å². The van der Waals surface area contributed by atoms with Gasteiger partial charge in [-0.15, -0.1) is 0 Å².